The van der Waals surface area contributed by atoms with Gasteiger partial charge in [-0.2, -0.15) is 4.52 Å². The molecule has 2 aromatic rings. The van der Waals surface area contributed by atoms with Crippen LogP contribution >= 0.6 is 0 Å². The number of fused-ring (bicyclic) bond motifs is 1. The number of imide groups is 1. The minimum atomic E-state index is -2.75. The smallest absolute Gasteiger partial charge is 0.299 e. The number of carbonyl (C=O) groups excluding carboxylic acids is 2. The van der Waals surface area contributed by atoms with Gasteiger partial charge in [-0.25, -0.2) is 8.78 Å². The standard InChI is InChI=1S/C16H18F2N6O2/c17-15(18)16-21-20-12-6-5-11(22-24(12)16)19-9-1-3-10(4-2-9)23-13(25)7-8-14(23)26/h5-6,9-10,15H,1-4,7-8H2,(H,19,22). The molecule has 4 rings (SSSR count). The number of carbonyl (C=O) groups is 2. The molecule has 3 heterocycles. The van der Waals surface area contributed by atoms with Gasteiger partial charge in [0.1, 0.15) is 5.82 Å². The van der Waals surface area contributed by atoms with E-state index in [0.29, 0.717) is 18.7 Å². The Labute approximate surface area is 147 Å². The van der Waals surface area contributed by atoms with Crippen LogP contribution in [0.4, 0.5) is 14.6 Å². The number of hydrogen-bond donors (Lipinski definition) is 1. The first-order valence-corrected chi connectivity index (χ1v) is 8.65. The van der Waals surface area contributed by atoms with Gasteiger partial charge in [0.25, 0.3) is 6.43 Å². The van der Waals surface area contributed by atoms with Crippen LogP contribution in [0.5, 0.6) is 0 Å². The predicted molar refractivity (Wildman–Crippen MR) is 86.5 cm³/mol. The third kappa shape index (κ3) is 2.99. The number of aromatic nitrogens is 4. The Morgan fingerprint density at radius 1 is 1.04 bits per heavy atom. The Hall–Kier alpha value is -2.65. The molecule has 1 N–H and O–H groups in total. The lowest BCUT2D eigenvalue weighted by Gasteiger charge is -2.33. The molecule has 2 fully saturated rings. The second kappa shape index (κ2) is 6.58. The summed E-state index contributed by atoms with van der Waals surface area (Å²) in [7, 11) is 0. The number of likely N-dealkylation sites (tertiary alicyclic amines) is 1. The molecule has 0 atom stereocenters. The van der Waals surface area contributed by atoms with Gasteiger partial charge in [-0.15, -0.1) is 15.3 Å². The molecule has 1 aliphatic heterocycles. The first-order chi connectivity index (χ1) is 12.5. The minimum absolute atomic E-state index is 0.0331. The zero-order chi connectivity index (χ0) is 18.3. The highest BCUT2D eigenvalue weighted by Gasteiger charge is 2.36. The SMILES string of the molecule is O=C1CCC(=O)N1C1CCC(Nc2ccc3nnc(C(F)F)n3n2)CC1. The van der Waals surface area contributed by atoms with Crippen LogP contribution in [0.1, 0.15) is 50.8 Å². The van der Waals surface area contributed by atoms with E-state index in [1.165, 1.54) is 4.90 Å². The highest BCUT2D eigenvalue weighted by atomic mass is 19.3. The predicted octanol–water partition coefficient (Wildman–Crippen LogP) is 1.93. The number of nitrogens with one attached hydrogen (secondary N) is 1. The van der Waals surface area contributed by atoms with Crippen LogP contribution in [0.25, 0.3) is 5.65 Å². The van der Waals surface area contributed by atoms with Crippen LogP contribution in [0.2, 0.25) is 0 Å². The van der Waals surface area contributed by atoms with E-state index in [-0.39, 0.29) is 29.5 Å². The van der Waals surface area contributed by atoms with Crippen LogP contribution in [0.3, 0.4) is 0 Å². The molecule has 0 bridgehead atoms. The number of anilines is 1. The molecule has 0 unspecified atom stereocenters. The van der Waals surface area contributed by atoms with Gasteiger partial charge in [0.15, 0.2) is 5.65 Å². The highest BCUT2D eigenvalue weighted by molar-refractivity contribution is 6.02. The van der Waals surface area contributed by atoms with Crippen molar-refractivity contribution in [1.82, 2.24) is 24.7 Å². The van der Waals surface area contributed by atoms with Crippen molar-refractivity contribution in [1.29, 1.82) is 0 Å². The van der Waals surface area contributed by atoms with Crippen molar-refractivity contribution in [2.24, 2.45) is 0 Å². The lowest BCUT2D eigenvalue weighted by atomic mass is 9.90. The van der Waals surface area contributed by atoms with Crippen LogP contribution in [0, 0.1) is 0 Å². The maximum Gasteiger partial charge on any atom is 0.299 e. The maximum absolute atomic E-state index is 12.9. The normalized spacial score (nSPS) is 24.0. The number of halogens is 2. The molecule has 2 amide bonds. The van der Waals surface area contributed by atoms with E-state index in [0.717, 1.165) is 30.2 Å². The van der Waals surface area contributed by atoms with E-state index in [1.807, 2.05) is 0 Å². The maximum atomic E-state index is 12.9. The molecule has 1 saturated heterocycles. The van der Waals surface area contributed by atoms with Gasteiger partial charge >= 0.3 is 0 Å². The van der Waals surface area contributed by atoms with E-state index in [9.17, 15) is 18.4 Å². The number of hydrogen-bond acceptors (Lipinski definition) is 6. The van der Waals surface area contributed by atoms with Gasteiger partial charge in [-0.3, -0.25) is 14.5 Å². The number of rotatable bonds is 4. The van der Waals surface area contributed by atoms with Crippen molar-refractivity contribution in [3.8, 4) is 0 Å². The molecule has 2 aromatic heterocycles. The topological polar surface area (TPSA) is 92.5 Å². The van der Waals surface area contributed by atoms with Crippen molar-refractivity contribution in [3.05, 3.63) is 18.0 Å². The molecule has 138 valence electrons. The third-order valence-corrected chi connectivity index (χ3v) is 4.99. The van der Waals surface area contributed by atoms with Crippen LogP contribution in [-0.4, -0.2) is 48.6 Å². The molecule has 1 saturated carbocycles. The fraction of sp³-hybridized carbons (Fsp3) is 0.562. The quantitative estimate of drug-likeness (QED) is 0.834. The van der Waals surface area contributed by atoms with Crippen molar-refractivity contribution >= 4 is 23.3 Å². The fourth-order valence-corrected chi connectivity index (χ4v) is 3.71. The molecule has 2 aliphatic rings. The summed E-state index contributed by atoms with van der Waals surface area (Å²) in [6, 6.07) is 3.34. The van der Waals surface area contributed by atoms with Crippen LogP contribution in [-0.2, 0) is 9.59 Å². The highest BCUT2D eigenvalue weighted by Crippen LogP contribution is 2.29. The van der Waals surface area contributed by atoms with Gasteiger partial charge in [-0.05, 0) is 37.8 Å². The Kier molecular flexibility index (Phi) is 4.25. The summed E-state index contributed by atoms with van der Waals surface area (Å²) in [5, 5.41) is 14.5. The summed E-state index contributed by atoms with van der Waals surface area (Å²) in [6.45, 7) is 0. The molecule has 0 aromatic carbocycles. The van der Waals surface area contributed by atoms with Gasteiger partial charge in [0.2, 0.25) is 17.6 Å². The Morgan fingerprint density at radius 3 is 2.38 bits per heavy atom. The van der Waals surface area contributed by atoms with Crippen LogP contribution < -0.4 is 5.32 Å². The first-order valence-electron chi connectivity index (χ1n) is 8.65. The molecule has 10 heteroatoms. The molecule has 0 spiro atoms. The zero-order valence-corrected chi connectivity index (χ0v) is 13.9. The zero-order valence-electron chi connectivity index (χ0n) is 13.9. The molecular weight excluding hydrogens is 346 g/mol. The van der Waals surface area contributed by atoms with Crippen molar-refractivity contribution in [2.45, 2.75) is 57.0 Å². The number of amides is 2. The van der Waals surface area contributed by atoms with E-state index in [4.69, 9.17) is 0 Å². The van der Waals surface area contributed by atoms with Crippen LogP contribution in [0.15, 0.2) is 12.1 Å². The summed E-state index contributed by atoms with van der Waals surface area (Å²) in [4.78, 5) is 25.1. The Morgan fingerprint density at radius 2 is 1.73 bits per heavy atom. The summed E-state index contributed by atoms with van der Waals surface area (Å²) < 4.78 is 26.9. The summed E-state index contributed by atoms with van der Waals surface area (Å²) in [6.07, 6.45) is 0.868. The molecular formula is C16H18F2N6O2. The second-order valence-corrected chi connectivity index (χ2v) is 6.65. The lowest BCUT2D eigenvalue weighted by Crippen LogP contribution is -2.43. The Balaban J connectivity index is 1.41. The second-order valence-electron chi connectivity index (χ2n) is 6.65. The van der Waals surface area contributed by atoms with E-state index < -0.39 is 12.2 Å². The Bertz CT molecular complexity index is 830. The average molecular weight is 364 g/mol. The fourth-order valence-electron chi connectivity index (χ4n) is 3.71. The largest absolute Gasteiger partial charge is 0.366 e. The monoisotopic (exact) mass is 364 g/mol. The number of nitrogens with zero attached hydrogens (tertiary/aromatic N) is 5. The van der Waals surface area contributed by atoms with Gasteiger partial charge in [0.05, 0.1) is 0 Å². The van der Waals surface area contributed by atoms with Crippen molar-refractivity contribution < 1.29 is 18.4 Å². The van der Waals surface area contributed by atoms with E-state index >= 15 is 0 Å². The summed E-state index contributed by atoms with van der Waals surface area (Å²) >= 11 is 0. The van der Waals surface area contributed by atoms with Gasteiger partial charge < -0.3 is 5.32 Å². The average Bonchev–Trinajstić information content (AvgIpc) is 3.19. The number of alkyl halides is 2. The van der Waals surface area contributed by atoms with Gasteiger partial charge in [0, 0.05) is 24.9 Å². The van der Waals surface area contributed by atoms with Crippen molar-refractivity contribution in [3.63, 3.8) is 0 Å². The molecule has 1 aliphatic carbocycles. The summed E-state index contributed by atoms with van der Waals surface area (Å²) in [5.41, 5.74) is 0.264. The van der Waals surface area contributed by atoms with E-state index in [2.05, 4.69) is 20.6 Å². The van der Waals surface area contributed by atoms with E-state index in [1.54, 1.807) is 12.1 Å². The lowest BCUT2D eigenvalue weighted by molar-refractivity contribution is -0.141. The third-order valence-electron chi connectivity index (χ3n) is 4.99. The van der Waals surface area contributed by atoms with Crippen molar-refractivity contribution in [2.75, 3.05) is 5.32 Å². The molecule has 8 nitrogen and oxygen atoms in total. The first kappa shape index (κ1) is 16.8. The molecule has 26 heavy (non-hydrogen) atoms. The minimum Gasteiger partial charge on any atom is -0.366 e. The van der Waals surface area contributed by atoms with Gasteiger partial charge in [-0.1, -0.05) is 0 Å². The molecule has 0 radical (unpaired) electrons. The summed E-state index contributed by atoms with van der Waals surface area (Å²) in [5.74, 6) is -0.175.